The van der Waals surface area contributed by atoms with Gasteiger partial charge in [-0.15, -0.1) is 12.4 Å². The molecule has 0 radical (unpaired) electrons. The topological polar surface area (TPSA) is 59.0 Å². The number of halogens is 1. The summed E-state index contributed by atoms with van der Waals surface area (Å²) in [5, 5.41) is 10.7. The molecule has 1 aromatic rings. The van der Waals surface area contributed by atoms with E-state index in [0.29, 0.717) is 17.5 Å². The van der Waals surface area contributed by atoms with E-state index < -0.39 is 0 Å². The van der Waals surface area contributed by atoms with Crippen LogP contribution in [0.3, 0.4) is 0 Å². The van der Waals surface area contributed by atoms with Crippen LogP contribution in [0.25, 0.3) is 0 Å². The van der Waals surface area contributed by atoms with Crippen LogP contribution in [0.15, 0.2) is 12.4 Å². The van der Waals surface area contributed by atoms with Crippen LogP contribution in [0, 0.1) is 5.92 Å². The Morgan fingerprint density at radius 3 is 2.75 bits per heavy atom. The minimum absolute atomic E-state index is 0. The smallest absolute Gasteiger partial charge is 0.254 e. The van der Waals surface area contributed by atoms with Crippen molar-refractivity contribution in [2.75, 3.05) is 13.1 Å². The van der Waals surface area contributed by atoms with Gasteiger partial charge in [-0.05, 0) is 51.1 Å². The van der Waals surface area contributed by atoms with Crippen LogP contribution in [-0.2, 0) is 6.54 Å². The van der Waals surface area contributed by atoms with E-state index in [2.05, 4.69) is 15.7 Å². The number of aromatic nitrogens is 2. The first-order valence-corrected chi connectivity index (χ1v) is 7.35. The van der Waals surface area contributed by atoms with Crippen molar-refractivity contribution in [2.45, 2.75) is 44.7 Å². The highest BCUT2D eigenvalue weighted by Crippen LogP contribution is 2.19. The maximum Gasteiger partial charge on any atom is 0.254 e. The Morgan fingerprint density at radius 2 is 2.10 bits per heavy atom. The third-order valence-corrected chi connectivity index (χ3v) is 4.24. The number of nitrogens with one attached hydrogen (secondary N) is 2. The molecule has 3 rings (SSSR count). The predicted octanol–water partition coefficient (Wildman–Crippen LogP) is 1.59. The minimum atomic E-state index is 0. The van der Waals surface area contributed by atoms with Gasteiger partial charge in [0.1, 0.15) is 0 Å². The molecule has 1 amide bonds. The zero-order chi connectivity index (χ0) is 13.1. The second kappa shape index (κ2) is 7.09. The zero-order valence-corrected chi connectivity index (χ0v) is 12.5. The van der Waals surface area contributed by atoms with Crippen LogP contribution < -0.4 is 10.6 Å². The molecular weight excluding hydrogens is 276 g/mol. The number of hydrogen-bond acceptors (Lipinski definition) is 3. The molecule has 0 bridgehead atoms. The third-order valence-electron chi connectivity index (χ3n) is 4.24. The maximum atomic E-state index is 12.0. The second-order valence-electron chi connectivity index (χ2n) is 5.75. The van der Waals surface area contributed by atoms with Crippen molar-refractivity contribution in [3.05, 3.63) is 18.0 Å². The van der Waals surface area contributed by atoms with Crippen molar-refractivity contribution in [1.82, 2.24) is 20.4 Å². The van der Waals surface area contributed by atoms with Gasteiger partial charge in [0, 0.05) is 18.8 Å². The first-order chi connectivity index (χ1) is 9.31. The van der Waals surface area contributed by atoms with Crippen LogP contribution in [0.1, 0.15) is 42.5 Å². The molecule has 1 saturated heterocycles. The fourth-order valence-electron chi connectivity index (χ4n) is 2.73. The van der Waals surface area contributed by atoms with Gasteiger partial charge in [0.15, 0.2) is 0 Å². The van der Waals surface area contributed by atoms with E-state index in [0.717, 1.165) is 32.5 Å². The molecule has 0 aromatic carbocycles. The standard InChI is InChI=1S/C14H22N4O.ClH/c19-14(17-13-2-1-3-13)12-8-16-18(10-12)9-11-4-6-15-7-5-11;/h8,10-11,13,15H,1-7,9H2,(H,17,19);1H. The molecule has 2 heterocycles. The monoisotopic (exact) mass is 298 g/mol. The van der Waals surface area contributed by atoms with E-state index in [1.807, 2.05) is 10.9 Å². The van der Waals surface area contributed by atoms with E-state index >= 15 is 0 Å². The summed E-state index contributed by atoms with van der Waals surface area (Å²) in [5.41, 5.74) is 0.695. The van der Waals surface area contributed by atoms with E-state index in [1.165, 1.54) is 19.3 Å². The summed E-state index contributed by atoms with van der Waals surface area (Å²) in [5.74, 6) is 0.713. The molecule has 20 heavy (non-hydrogen) atoms. The van der Waals surface area contributed by atoms with Gasteiger partial charge < -0.3 is 10.6 Å². The Bertz CT molecular complexity index is 438. The van der Waals surface area contributed by atoms with Gasteiger partial charge in [0.05, 0.1) is 11.8 Å². The molecular formula is C14H23ClN4O. The second-order valence-corrected chi connectivity index (χ2v) is 5.75. The lowest BCUT2D eigenvalue weighted by atomic mass is 9.93. The highest BCUT2D eigenvalue weighted by molar-refractivity contribution is 5.93. The summed E-state index contributed by atoms with van der Waals surface area (Å²) in [6, 6.07) is 0.389. The van der Waals surface area contributed by atoms with Crippen molar-refractivity contribution >= 4 is 18.3 Å². The lowest BCUT2D eigenvalue weighted by molar-refractivity contribution is 0.0917. The number of carbonyl (C=O) groups excluding carboxylic acids is 1. The minimum Gasteiger partial charge on any atom is -0.349 e. The van der Waals surface area contributed by atoms with Crippen molar-refractivity contribution in [3.63, 3.8) is 0 Å². The van der Waals surface area contributed by atoms with Gasteiger partial charge in [-0.1, -0.05) is 0 Å². The largest absolute Gasteiger partial charge is 0.349 e. The predicted molar refractivity (Wildman–Crippen MR) is 80.2 cm³/mol. The molecule has 1 saturated carbocycles. The van der Waals surface area contributed by atoms with Crippen molar-refractivity contribution < 1.29 is 4.79 Å². The lowest BCUT2D eigenvalue weighted by Crippen LogP contribution is -2.39. The van der Waals surface area contributed by atoms with E-state index in [4.69, 9.17) is 0 Å². The Balaban J connectivity index is 0.00000147. The maximum absolute atomic E-state index is 12.0. The number of amides is 1. The van der Waals surface area contributed by atoms with Gasteiger partial charge in [-0.2, -0.15) is 5.10 Å². The van der Waals surface area contributed by atoms with Crippen LogP contribution in [-0.4, -0.2) is 34.8 Å². The van der Waals surface area contributed by atoms with Crippen molar-refractivity contribution in [3.8, 4) is 0 Å². The highest BCUT2D eigenvalue weighted by Gasteiger charge is 2.21. The average molecular weight is 299 g/mol. The van der Waals surface area contributed by atoms with Gasteiger partial charge >= 0.3 is 0 Å². The number of rotatable bonds is 4. The molecule has 6 heteroatoms. The summed E-state index contributed by atoms with van der Waals surface area (Å²) in [6.45, 7) is 3.13. The molecule has 0 unspecified atom stereocenters. The van der Waals surface area contributed by atoms with Crippen molar-refractivity contribution in [2.24, 2.45) is 5.92 Å². The summed E-state index contributed by atoms with van der Waals surface area (Å²) < 4.78 is 1.92. The summed E-state index contributed by atoms with van der Waals surface area (Å²) >= 11 is 0. The number of carbonyl (C=O) groups is 1. The Labute approximate surface area is 125 Å². The van der Waals surface area contributed by atoms with Gasteiger partial charge in [0.25, 0.3) is 5.91 Å². The van der Waals surface area contributed by atoms with Crippen LogP contribution >= 0.6 is 12.4 Å². The fraction of sp³-hybridized carbons (Fsp3) is 0.714. The van der Waals surface area contributed by atoms with Crippen LogP contribution in [0.2, 0.25) is 0 Å². The quantitative estimate of drug-likeness (QED) is 0.887. The summed E-state index contributed by atoms with van der Waals surface area (Å²) in [4.78, 5) is 12.0. The average Bonchev–Trinajstić information content (AvgIpc) is 2.83. The number of nitrogens with zero attached hydrogens (tertiary/aromatic N) is 2. The molecule has 2 fully saturated rings. The Hall–Kier alpha value is -1.07. The fourth-order valence-corrected chi connectivity index (χ4v) is 2.73. The highest BCUT2D eigenvalue weighted by atomic mass is 35.5. The van der Waals surface area contributed by atoms with Gasteiger partial charge in [0.2, 0.25) is 0 Å². The molecule has 1 aliphatic carbocycles. The van der Waals surface area contributed by atoms with Gasteiger partial charge in [-0.25, -0.2) is 0 Å². The molecule has 0 atom stereocenters. The van der Waals surface area contributed by atoms with E-state index in [9.17, 15) is 4.79 Å². The Kier molecular flexibility index (Phi) is 5.43. The third kappa shape index (κ3) is 3.73. The van der Waals surface area contributed by atoms with Crippen molar-refractivity contribution in [1.29, 1.82) is 0 Å². The Morgan fingerprint density at radius 1 is 1.35 bits per heavy atom. The zero-order valence-electron chi connectivity index (χ0n) is 11.7. The molecule has 2 aliphatic rings. The lowest BCUT2D eigenvalue weighted by Gasteiger charge is -2.26. The molecule has 112 valence electrons. The van der Waals surface area contributed by atoms with E-state index in [-0.39, 0.29) is 18.3 Å². The first kappa shape index (κ1) is 15.3. The molecule has 0 spiro atoms. The molecule has 1 aliphatic heterocycles. The summed E-state index contributed by atoms with van der Waals surface area (Å²) in [7, 11) is 0. The normalized spacial score (nSPS) is 20.0. The van der Waals surface area contributed by atoms with Gasteiger partial charge in [-0.3, -0.25) is 9.48 Å². The molecule has 1 aromatic heterocycles. The number of hydrogen-bond donors (Lipinski definition) is 2. The summed E-state index contributed by atoms with van der Waals surface area (Å²) in [6.07, 6.45) is 9.45. The van der Waals surface area contributed by atoms with E-state index in [1.54, 1.807) is 6.20 Å². The van der Waals surface area contributed by atoms with Crippen LogP contribution in [0.4, 0.5) is 0 Å². The number of piperidine rings is 1. The molecule has 2 N–H and O–H groups in total. The first-order valence-electron chi connectivity index (χ1n) is 7.35. The van der Waals surface area contributed by atoms with Crippen LogP contribution in [0.5, 0.6) is 0 Å². The SMILES string of the molecule is Cl.O=C(NC1CCC1)c1cnn(CC2CCNCC2)c1. The molecule has 5 nitrogen and oxygen atoms in total.